The molecule has 0 bridgehead atoms. The maximum absolute atomic E-state index is 11.3. The van der Waals surface area contributed by atoms with Crippen molar-refractivity contribution in [2.75, 3.05) is 42.9 Å². The van der Waals surface area contributed by atoms with Gasteiger partial charge in [-0.3, -0.25) is 9.78 Å². The van der Waals surface area contributed by atoms with Crippen molar-refractivity contribution in [1.29, 1.82) is 0 Å². The van der Waals surface area contributed by atoms with Crippen molar-refractivity contribution in [2.24, 2.45) is 0 Å². The minimum Gasteiger partial charge on any atom is -0.384 e. The van der Waals surface area contributed by atoms with Crippen molar-refractivity contribution < 1.29 is 4.79 Å². The lowest BCUT2D eigenvalue weighted by Gasteiger charge is -2.35. The summed E-state index contributed by atoms with van der Waals surface area (Å²) in [6.07, 6.45) is 3.71. The second-order valence-electron chi connectivity index (χ2n) is 4.46. The highest BCUT2D eigenvalue weighted by molar-refractivity contribution is 5.73. The smallest absolute Gasteiger partial charge is 0.219 e. The number of anilines is 2. The third-order valence-electron chi connectivity index (χ3n) is 3.19. The summed E-state index contributed by atoms with van der Waals surface area (Å²) >= 11 is 0. The number of nitrogens with one attached hydrogen (secondary N) is 1. The van der Waals surface area contributed by atoms with Crippen LogP contribution in [0.2, 0.25) is 0 Å². The molecule has 0 spiro atoms. The Hall–Kier alpha value is -1.78. The molecule has 5 heteroatoms. The SMILES string of the molecule is CCNc1cncc(N2CCN(C(C)=O)CC2)c1. The van der Waals surface area contributed by atoms with Crippen LogP contribution in [-0.2, 0) is 4.79 Å². The monoisotopic (exact) mass is 248 g/mol. The number of amides is 1. The van der Waals surface area contributed by atoms with Gasteiger partial charge in [0.05, 0.1) is 23.8 Å². The lowest BCUT2D eigenvalue weighted by atomic mass is 10.2. The number of nitrogens with zero attached hydrogens (tertiary/aromatic N) is 3. The van der Waals surface area contributed by atoms with Gasteiger partial charge in [0.2, 0.25) is 5.91 Å². The van der Waals surface area contributed by atoms with Crippen LogP contribution in [0.15, 0.2) is 18.5 Å². The Morgan fingerprint density at radius 1 is 1.33 bits per heavy atom. The molecule has 1 saturated heterocycles. The molecule has 0 unspecified atom stereocenters. The largest absolute Gasteiger partial charge is 0.384 e. The number of rotatable bonds is 3. The van der Waals surface area contributed by atoms with Gasteiger partial charge in [-0.1, -0.05) is 0 Å². The van der Waals surface area contributed by atoms with Crippen molar-refractivity contribution >= 4 is 17.3 Å². The molecule has 0 aliphatic carbocycles. The molecule has 2 rings (SSSR count). The van der Waals surface area contributed by atoms with Gasteiger partial charge < -0.3 is 15.1 Å². The van der Waals surface area contributed by atoms with Gasteiger partial charge in [-0.15, -0.1) is 0 Å². The Morgan fingerprint density at radius 3 is 2.67 bits per heavy atom. The van der Waals surface area contributed by atoms with E-state index in [1.165, 1.54) is 0 Å². The van der Waals surface area contributed by atoms with E-state index in [1.54, 1.807) is 6.92 Å². The fraction of sp³-hybridized carbons (Fsp3) is 0.538. The lowest BCUT2D eigenvalue weighted by molar-refractivity contribution is -0.129. The summed E-state index contributed by atoms with van der Waals surface area (Å²) in [4.78, 5) is 19.7. The molecule has 1 aliphatic heterocycles. The van der Waals surface area contributed by atoms with Crippen molar-refractivity contribution in [1.82, 2.24) is 9.88 Å². The normalized spacial score (nSPS) is 15.7. The predicted molar refractivity (Wildman–Crippen MR) is 72.9 cm³/mol. The van der Waals surface area contributed by atoms with E-state index in [9.17, 15) is 4.79 Å². The second-order valence-corrected chi connectivity index (χ2v) is 4.46. The fourth-order valence-corrected chi connectivity index (χ4v) is 2.18. The van der Waals surface area contributed by atoms with E-state index >= 15 is 0 Å². The fourth-order valence-electron chi connectivity index (χ4n) is 2.18. The van der Waals surface area contributed by atoms with E-state index in [0.717, 1.165) is 44.1 Å². The molecule has 0 aromatic carbocycles. The zero-order valence-corrected chi connectivity index (χ0v) is 11.0. The summed E-state index contributed by atoms with van der Waals surface area (Å²) in [6, 6.07) is 2.11. The highest BCUT2D eigenvalue weighted by Gasteiger charge is 2.18. The van der Waals surface area contributed by atoms with Gasteiger partial charge in [-0.05, 0) is 13.0 Å². The summed E-state index contributed by atoms with van der Waals surface area (Å²) in [6.45, 7) is 7.92. The molecule has 18 heavy (non-hydrogen) atoms. The van der Waals surface area contributed by atoms with E-state index < -0.39 is 0 Å². The maximum Gasteiger partial charge on any atom is 0.219 e. The molecule has 1 amide bonds. The number of hydrogen-bond donors (Lipinski definition) is 1. The summed E-state index contributed by atoms with van der Waals surface area (Å²) < 4.78 is 0. The van der Waals surface area contributed by atoms with Gasteiger partial charge in [-0.2, -0.15) is 0 Å². The average molecular weight is 248 g/mol. The van der Waals surface area contributed by atoms with Gasteiger partial charge in [-0.25, -0.2) is 0 Å². The van der Waals surface area contributed by atoms with Gasteiger partial charge in [0.25, 0.3) is 0 Å². The molecule has 0 atom stereocenters. The van der Waals surface area contributed by atoms with Crippen molar-refractivity contribution in [3.05, 3.63) is 18.5 Å². The lowest BCUT2D eigenvalue weighted by Crippen LogP contribution is -2.48. The molecule has 1 N–H and O–H groups in total. The topological polar surface area (TPSA) is 48.5 Å². The van der Waals surface area contributed by atoms with Gasteiger partial charge in [0.15, 0.2) is 0 Å². The second kappa shape index (κ2) is 5.71. The number of carbonyl (C=O) groups excluding carboxylic acids is 1. The van der Waals surface area contributed by atoms with Gasteiger partial charge in [0, 0.05) is 39.6 Å². The zero-order valence-electron chi connectivity index (χ0n) is 11.0. The van der Waals surface area contributed by atoms with Crippen molar-refractivity contribution in [3.63, 3.8) is 0 Å². The first-order valence-electron chi connectivity index (χ1n) is 6.40. The minimum absolute atomic E-state index is 0.161. The van der Waals surface area contributed by atoms with E-state index in [1.807, 2.05) is 17.3 Å². The molecule has 0 radical (unpaired) electrons. The molecule has 1 aromatic heterocycles. The van der Waals surface area contributed by atoms with E-state index in [-0.39, 0.29) is 5.91 Å². The molecule has 5 nitrogen and oxygen atoms in total. The predicted octanol–water partition coefficient (Wildman–Crippen LogP) is 1.18. The third kappa shape index (κ3) is 2.91. The molecular formula is C13H20N4O. The number of pyridine rings is 1. The first-order valence-corrected chi connectivity index (χ1v) is 6.40. The van der Waals surface area contributed by atoms with Crippen molar-refractivity contribution in [2.45, 2.75) is 13.8 Å². The van der Waals surface area contributed by atoms with Crippen LogP contribution in [0.4, 0.5) is 11.4 Å². The summed E-state index contributed by atoms with van der Waals surface area (Å²) in [5.41, 5.74) is 2.17. The van der Waals surface area contributed by atoms with Crippen LogP contribution in [0.5, 0.6) is 0 Å². The molecule has 0 saturated carbocycles. The Balaban J connectivity index is 2.00. The summed E-state index contributed by atoms with van der Waals surface area (Å²) in [5.74, 6) is 0.161. The Kier molecular flexibility index (Phi) is 4.02. The van der Waals surface area contributed by atoms with Crippen LogP contribution in [0, 0.1) is 0 Å². The minimum atomic E-state index is 0.161. The molecule has 98 valence electrons. The Bertz CT molecular complexity index is 413. The average Bonchev–Trinajstić information content (AvgIpc) is 2.39. The highest BCUT2D eigenvalue weighted by atomic mass is 16.2. The number of aromatic nitrogens is 1. The van der Waals surface area contributed by atoms with E-state index in [0.29, 0.717) is 0 Å². The Labute approximate surface area is 108 Å². The Morgan fingerprint density at radius 2 is 2.06 bits per heavy atom. The third-order valence-corrected chi connectivity index (χ3v) is 3.19. The van der Waals surface area contributed by atoms with Gasteiger partial charge >= 0.3 is 0 Å². The number of hydrogen-bond acceptors (Lipinski definition) is 4. The molecule has 2 heterocycles. The first kappa shape index (κ1) is 12.7. The van der Waals surface area contributed by atoms with Crippen LogP contribution in [-0.4, -0.2) is 48.5 Å². The van der Waals surface area contributed by atoms with Crippen LogP contribution < -0.4 is 10.2 Å². The molecular weight excluding hydrogens is 228 g/mol. The molecule has 1 aliphatic rings. The van der Waals surface area contributed by atoms with E-state index in [2.05, 4.69) is 28.2 Å². The molecule has 1 aromatic rings. The van der Waals surface area contributed by atoms with Gasteiger partial charge in [0.1, 0.15) is 0 Å². The van der Waals surface area contributed by atoms with Crippen LogP contribution in [0.25, 0.3) is 0 Å². The summed E-state index contributed by atoms with van der Waals surface area (Å²) in [7, 11) is 0. The van der Waals surface area contributed by atoms with Crippen molar-refractivity contribution in [3.8, 4) is 0 Å². The number of piperazine rings is 1. The van der Waals surface area contributed by atoms with Crippen LogP contribution in [0.3, 0.4) is 0 Å². The zero-order chi connectivity index (χ0) is 13.0. The maximum atomic E-state index is 11.3. The van der Waals surface area contributed by atoms with E-state index in [4.69, 9.17) is 0 Å². The number of carbonyl (C=O) groups is 1. The standard InChI is InChI=1S/C13H20N4O/c1-3-15-12-8-13(10-14-9-12)17-6-4-16(5-7-17)11(2)18/h8-10,15H,3-7H2,1-2H3. The quantitative estimate of drug-likeness (QED) is 0.872. The van der Waals surface area contributed by atoms with Crippen LogP contribution >= 0.6 is 0 Å². The molecule has 1 fully saturated rings. The van der Waals surface area contributed by atoms with Crippen LogP contribution in [0.1, 0.15) is 13.8 Å². The summed E-state index contributed by atoms with van der Waals surface area (Å²) in [5, 5.41) is 3.26. The highest BCUT2D eigenvalue weighted by Crippen LogP contribution is 2.19. The first-order chi connectivity index (χ1) is 8.70.